The minimum Gasteiger partial charge on any atom is -0.395 e. The van der Waals surface area contributed by atoms with Crippen LogP contribution in [0.4, 0.5) is 5.69 Å². The van der Waals surface area contributed by atoms with Gasteiger partial charge in [-0.1, -0.05) is 43.2 Å². The number of benzene rings is 1. The predicted octanol–water partition coefficient (Wildman–Crippen LogP) is 2.18. The highest BCUT2D eigenvalue weighted by Gasteiger charge is 2.16. The second-order valence-corrected chi connectivity index (χ2v) is 4.89. The molecular formula is C15H20N4O. The van der Waals surface area contributed by atoms with Crippen LogP contribution >= 0.6 is 0 Å². The number of carbonyl (C=O) groups excluding carboxylic acids is 1. The molecule has 2 aromatic rings. The Kier molecular flexibility index (Phi) is 4.40. The zero-order chi connectivity index (χ0) is 14.5. The predicted molar refractivity (Wildman–Crippen MR) is 79.3 cm³/mol. The van der Waals surface area contributed by atoms with Crippen LogP contribution in [0.2, 0.25) is 0 Å². The third kappa shape index (κ3) is 3.17. The fraction of sp³-hybridized carbons (Fsp3) is 0.333. The summed E-state index contributed by atoms with van der Waals surface area (Å²) in [5.74, 6) is -0.248. The number of anilines is 1. The van der Waals surface area contributed by atoms with Gasteiger partial charge in [-0.25, -0.2) is 0 Å². The Hall–Kier alpha value is -2.30. The highest BCUT2D eigenvalue weighted by Crippen LogP contribution is 2.15. The highest BCUT2D eigenvalue weighted by atomic mass is 16.1. The van der Waals surface area contributed by atoms with Crippen molar-refractivity contribution in [2.75, 3.05) is 5.73 Å². The molecule has 0 atom stereocenters. The summed E-state index contributed by atoms with van der Waals surface area (Å²) in [6.07, 6.45) is 1.75. The number of nitrogens with zero attached hydrogens (tertiary/aromatic N) is 1. The van der Waals surface area contributed by atoms with Crippen molar-refractivity contribution in [2.24, 2.45) is 0 Å². The SMILES string of the molecule is CCCc1[nH]nc(C(=O)NCc2cccc(C)c2)c1N. The van der Waals surface area contributed by atoms with Crippen LogP contribution in [0.25, 0.3) is 0 Å². The average Bonchev–Trinajstić information content (AvgIpc) is 2.78. The number of aromatic amines is 1. The minimum atomic E-state index is -0.248. The molecule has 0 spiro atoms. The van der Waals surface area contributed by atoms with E-state index in [1.807, 2.05) is 31.2 Å². The van der Waals surface area contributed by atoms with E-state index < -0.39 is 0 Å². The molecule has 0 saturated carbocycles. The molecule has 106 valence electrons. The highest BCUT2D eigenvalue weighted by molar-refractivity contribution is 5.97. The van der Waals surface area contributed by atoms with Gasteiger partial charge >= 0.3 is 0 Å². The maximum Gasteiger partial charge on any atom is 0.274 e. The molecule has 5 heteroatoms. The Morgan fingerprint density at radius 2 is 2.25 bits per heavy atom. The summed E-state index contributed by atoms with van der Waals surface area (Å²) in [4.78, 5) is 12.1. The topological polar surface area (TPSA) is 83.8 Å². The largest absolute Gasteiger partial charge is 0.395 e. The lowest BCUT2D eigenvalue weighted by molar-refractivity contribution is 0.0947. The van der Waals surface area contributed by atoms with Crippen molar-refractivity contribution in [3.8, 4) is 0 Å². The first-order chi connectivity index (χ1) is 9.61. The molecule has 1 amide bonds. The third-order valence-electron chi connectivity index (χ3n) is 3.13. The first-order valence-corrected chi connectivity index (χ1v) is 6.78. The molecule has 0 aliphatic rings. The maximum absolute atomic E-state index is 12.1. The van der Waals surface area contributed by atoms with Crippen LogP contribution < -0.4 is 11.1 Å². The van der Waals surface area contributed by atoms with E-state index >= 15 is 0 Å². The van der Waals surface area contributed by atoms with Crippen LogP contribution in [0.1, 0.15) is 40.7 Å². The monoisotopic (exact) mass is 272 g/mol. The lowest BCUT2D eigenvalue weighted by atomic mass is 10.1. The number of rotatable bonds is 5. The minimum absolute atomic E-state index is 0.248. The van der Waals surface area contributed by atoms with Gasteiger partial charge in [-0.05, 0) is 18.9 Å². The van der Waals surface area contributed by atoms with E-state index in [0.717, 1.165) is 24.1 Å². The second kappa shape index (κ2) is 6.23. The third-order valence-corrected chi connectivity index (χ3v) is 3.13. The summed E-state index contributed by atoms with van der Waals surface area (Å²) in [5.41, 5.74) is 9.71. The number of carbonyl (C=O) groups is 1. The van der Waals surface area contributed by atoms with E-state index in [9.17, 15) is 4.79 Å². The summed E-state index contributed by atoms with van der Waals surface area (Å²) in [7, 11) is 0. The molecule has 0 radical (unpaired) electrons. The van der Waals surface area contributed by atoms with Crippen LogP contribution in [-0.4, -0.2) is 16.1 Å². The van der Waals surface area contributed by atoms with Gasteiger partial charge in [-0.3, -0.25) is 9.89 Å². The van der Waals surface area contributed by atoms with Crippen molar-refractivity contribution in [2.45, 2.75) is 33.2 Å². The average molecular weight is 272 g/mol. The standard InChI is InChI=1S/C15H20N4O/c1-3-5-12-13(16)14(19-18-12)15(20)17-9-11-7-4-6-10(2)8-11/h4,6-8H,3,5,9,16H2,1-2H3,(H,17,20)(H,18,19). The molecule has 0 bridgehead atoms. The van der Waals surface area contributed by atoms with Gasteiger partial charge in [-0.2, -0.15) is 5.10 Å². The van der Waals surface area contributed by atoms with E-state index in [-0.39, 0.29) is 11.6 Å². The first kappa shape index (κ1) is 14.1. The van der Waals surface area contributed by atoms with E-state index in [1.54, 1.807) is 0 Å². The molecule has 1 aromatic carbocycles. The molecule has 20 heavy (non-hydrogen) atoms. The summed E-state index contributed by atoms with van der Waals surface area (Å²) >= 11 is 0. The summed E-state index contributed by atoms with van der Waals surface area (Å²) < 4.78 is 0. The molecule has 1 heterocycles. The number of hydrogen-bond acceptors (Lipinski definition) is 3. The van der Waals surface area contributed by atoms with Gasteiger partial charge in [-0.15, -0.1) is 0 Å². The molecule has 0 fully saturated rings. The van der Waals surface area contributed by atoms with Crippen LogP contribution in [0, 0.1) is 6.92 Å². The number of aromatic nitrogens is 2. The Labute approximate surface area is 118 Å². The number of nitrogens with one attached hydrogen (secondary N) is 2. The number of aryl methyl sites for hydroxylation is 2. The Morgan fingerprint density at radius 3 is 2.95 bits per heavy atom. The summed E-state index contributed by atoms with van der Waals surface area (Å²) in [6.45, 7) is 4.54. The van der Waals surface area contributed by atoms with Crippen LogP contribution in [-0.2, 0) is 13.0 Å². The normalized spacial score (nSPS) is 10.5. The van der Waals surface area contributed by atoms with Crippen molar-refractivity contribution >= 4 is 11.6 Å². The van der Waals surface area contributed by atoms with Crippen LogP contribution in [0.15, 0.2) is 24.3 Å². The van der Waals surface area contributed by atoms with Crippen molar-refractivity contribution < 1.29 is 4.79 Å². The van der Waals surface area contributed by atoms with Gasteiger partial charge < -0.3 is 11.1 Å². The lowest BCUT2D eigenvalue weighted by Gasteiger charge is -2.05. The Balaban J connectivity index is 2.02. The number of hydrogen-bond donors (Lipinski definition) is 3. The van der Waals surface area contributed by atoms with Crippen LogP contribution in [0.3, 0.4) is 0 Å². The maximum atomic E-state index is 12.1. The van der Waals surface area contributed by atoms with E-state index in [2.05, 4.69) is 22.4 Å². The quantitative estimate of drug-likeness (QED) is 0.780. The van der Waals surface area contributed by atoms with Crippen molar-refractivity contribution in [1.82, 2.24) is 15.5 Å². The molecule has 0 aliphatic heterocycles. The van der Waals surface area contributed by atoms with Gasteiger partial charge in [0.1, 0.15) is 0 Å². The van der Waals surface area contributed by atoms with Gasteiger partial charge in [0.05, 0.1) is 11.4 Å². The van der Waals surface area contributed by atoms with Crippen molar-refractivity contribution in [3.63, 3.8) is 0 Å². The van der Waals surface area contributed by atoms with E-state index in [0.29, 0.717) is 12.2 Å². The molecule has 2 rings (SSSR count). The summed E-state index contributed by atoms with van der Waals surface area (Å²) in [5, 5.41) is 9.67. The number of nitrogen functional groups attached to an aromatic ring is 1. The fourth-order valence-corrected chi connectivity index (χ4v) is 2.09. The van der Waals surface area contributed by atoms with Gasteiger partial charge in [0.15, 0.2) is 5.69 Å². The number of nitrogens with two attached hydrogens (primary N) is 1. The molecule has 5 nitrogen and oxygen atoms in total. The molecular weight excluding hydrogens is 252 g/mol. The van der Waals surface area contributed by atoms with E-state index in [1.165, 1.54) is 5.56 Å². The zero-order valence-electron chi connectivity index (χ0n) is 11.9. The van der Waals surface area contributed by atoms with Crippen LogP contribution in [0.5, 0.6) is 0 Å². The van der Waals surface area contributed by atoms with Crippen molar-refractivity contribution in [1.29, 1.82) is 0 Å². The molecule has 0 saturated heterocycles. The zero-order valence-corrected chi connectivity index (χ0v) is 11.9. The van der Waals surface area contributed by atoms with E-state index in [4.69, 9.17) is 5.73 Å². The summed E-state index contributed by atoms with van der Waals surface area (Å²) in [6, 6.07) is 8.01. The fourth-order valence-electron chi connectivity index (χ4n) is 2.09. The number of H-pyrrole nitrogens is 1. The lowest BCUT2D eigenvalue weighted by Crippen LogP contribution is -2.24. The van der Waals surface area contributed by atoms with Gasteiger partial charge in [0.2, 0.25) is 0 Å². The molecule has 0 aliphatic carbocycles. The van der Waals surface area contributed by atoms with Gasteiger partial charge in [0, 0.05) is 6.54 Å². The Morgan fingerprint density at radius 1 is 1.45 bits per heavy atom. The second-order valence-electron chi connectivity index (χ2n) is 4.89. The number of amides is 1. The van der Waals surface area contributed by atoms with Crippen molar-refractivity contribution in [3.05, 3.63) is 46.8 Å². The Bertz CT molecular complexity index is 604. The van der Waals surface area contributed by atoms with Gasteiger partial charge in [0.25, 0.3) is 5.91 Å². The smallest absolute Gasteiger partial charge is 0.274 e. The molecule has 0 unspecified atom stereocenters. The molecule has 1 aromatic heterocycles. The first-order valence-electron chi connectivity index (χ1n) is 6.78. The molecule has 4 N–H and O–H groups in total.